The van der Waals surface area contributed by atoms with Gasteiger partial charge < -0.3 is 4.98 Å². The number of hydrogen-bond acceptors (Lipinski definition) is 2. The average molecular weight is 145 g/mol. The van der Waals surface area contributed by atoms with Crippen molar-refractivity contribution >= 4 is 17.2 Å². The summed E-state index contributed by atoms with van der Waals surface area (Å²) in [5.41, 5.74) is 2.72. The molecule has 3 nitrogen and oxygen atoms in total. The van der Waals surface area contributed by atoms with Crippen LogP contribution in [-0.2, 0) is 0 Å². The summed E-state index contributed by atoms with van der Waals surface area (Å²) in [5.74, 6) is 0. The zero-order chi connectivity index (χ0) is 7.68. The lowest BCUT2D eigenvalue weighted by atomic mass is 10.2. The maximum atomic E-state index is 4.06. The molecule has 2 heterocycles. The van der Waals surface area contributed by atoms with Crippen molar-refractivity contribution in [1.29, 1.82) is 0 Å². The Hall–Kier alpha value is -1.64. The molecule has 0 aromatic carbocycles. The molecule has 3 heteroatoms. The highest BCUT2D eigenvalue weighted by molar-refractivity contribution is 5.80. The molecule has 54 valence electrons. The van der Waals surface area contributed by atoms with Crippen LogP contribution in [0.1, 0.15) is 5.56 Å². The molecule has 0 aliphatic heterocycles. The van der Waals surface area contributed by atoms with E-state index >= 15 is 0 Å². The van der Waals surface area contributed by atoms with Gasteiger partial charge in [-0.15, -0.1) is 0 Å². The number of aromatic amines is 1. The molecule has 0 unspecified atom stereocenters. The minimum atomic E-state index is 0.738. The maximum Gasteiger partial charge on any atom is 0.177 e. The lowest BCUT2D eigenvalue weighted by Crippen LogP contribution is -1.79. The molecule has 0 amide bonds. The van der Waals surface area contributed by atoms with E-state index in [1.165, 1.54) is 0 Å². The van der Waals surface area contributed by atoms with Gasteiger partial charge in [0.15, 0.2) is 5.65 Å². The Kier molecular flexibility index (Phi) is 1.22. The van der Waals surface area contributed by atoms with Crippen LogP contribution in [0.15, 0.2) is 25.2 Å². The van der Waals surface area contributed by atoms with Gasteiger partial charge in [0.25, 0.3) is 0 Å². The van der Waals surface area contributed by atoms with Gasteiger partial charge in [-0.25, -0.2) is 9.97 Å². The van der Waals surface area contributed by atoms with Crippen molar-refractivity contribution in [2.24, 2.45) is 0 Å². The van der Waals surface area contributed by atoms with Crippen LogP contribution in [0.25, 0.3) is 17.2 Å². The Balaban J connectivity index is 2.88. The minimum absolute atomic E-state index is 0.738. The van der Waals surface area contributed by atoms with E-state index in [1.54, 1.807) is 18.6 Å². The zero-order valence-corrected chi connectivity index (χ0v) is 5.91. The summed E-state index contributed by atoms with van der Waals surface area (Å²) < 4.78 is 0. The van der Waals surface area contributed by atoms with Gasteiger partial charge in [-0.2, -0.15) is 0 Å². The van der Waals surface area contributed by atoms with Crippen LogP contribution in [0, 0.1) is 0 Å². The molecule has 0 aliphatic carbocycles. The Morgan fingerprint density at radius 1 is 1.45 bits per heavy atom. The third-order valence-electron chi connectivity index (χ3n) is 1.58. The normalized spacial score (nSPS) is 10.2. The van der Waals surface area contributed by atoms with E-state index in [4.69, 9.17) is 0 Å². The highest BCUT2D eigenvalue weighted by Gasteiger charge is 1.98. The lowest BCUT2D eigenvalue weighted by molar-refractivity contribution is 1.30. The number of imidazole rings is 1. The molecular formula is C8H7N3. The first kappa shape index (κ1) is 6.09. The van der Waals surface area contributed by atoms with Crippen LogP contribution >= 0.6 is 0 Å². The molecular weight excluding hydrogens is 138 g/mol. The number of nitrogens with one attached hydrogen (secondary N) is 1. The number of pyridine rings is 1. The molecule has 1 N–H and O–H groups in total. The summed E-state index contributed by atoms with van der Waals surface area (Å²) in [5, 5.41) is 0. The maximum absolute atomic E-state index is 4.06. The van der Waals surface area contributed by atoms with Gasteiger partial charge in [0.2, 0.25) is 0 Å². The average Bonchev–Trinajstić information content (AvgIpc) is 2.50. The molecule has 11 heavy (non-hydrogen) atoms. The van der Waals surface area contributed by atoms with Gasteiger partial charge in [-0.05, 0) is 6.07 Å². The van der Waals surface area contributed by atoms with Crippen molar-refractivity contribution in [2.45, 2.75) is 0 Å². The predicted octanol–water partition coefficient (Wildman–Crippen LogP) is 1.60. The van der Waals surface area contributed by atoms with E-state index in [0.717, 1.165) is 16.7 Å². The fourth-order valence-electron chi connectivity index (χ4n) is 1.04. The SMILES string of the molecule is C=Cc1ccnc2nc[nH]c12. The zero-order valence-electron chi connectivity index (χ0n) is 5.91. The van der Waals surface area contributed by atoms with Gasteiger partial charge in [-0.1, -0.05) is 12.7 Å². The molecule has 2 aromatic rings. The standard InChI is InChI=1S/C8H7N3/c1-2-6-3-4-9-8-7(6)10-5-11-8/h2-5H,1H2,(H,9,10,11). The number of nitrogens with zero attached hydrogens (tertiary/aromatic N) is 2. The summed E-state index contributed by atoms with van der Waals surface area (Å²) >= 11 is 0. The van der Waals surface area contributed by atoms with Crippen LogP contribution < -0.4 is 0 Å². The fourth-order valence-corrected chi connectivity index (χ4v) is 1.04. The molecule has 0 spiro atoms. The number of aromatic nitrogens is 3. The topological polar surface area (TPSA) is 41.6 Å². The second-order valence-electron chi connectivity index (χ2n) is 2.21. The van der Waals surface area contributed by atoms with Crippen molar-refractivity contribution in [3.63, 3.8) is 0 Å². The molecule has 2 aromatic heterocycles. The largest absolute Gasteiger partial charge is 0.343 e. The number of fused-ring (bicyclic) bond motifs is 1. The summed E-state index contributed by atoms with van der Waals surface area (Å²) in [7, 11) is 0. The van der Waals surface area contributed by atoms with Gasteiger partial charge in [-0.3, -0.25) is 0 Å². The molecule has 0 radical (unpaired) electrons. The molecule has 0 saturated heterocycles. The quantitative estimate of drug-likeness (QED) is 0.662. The van der Waals surface area contributed by atoms with Crippen molar-refractivity contribution in [2.75, 3.05) is 0 Å². The van der Waals surface area contributed by atoms with Crippen LogP contribution in [0.3, 0.4) is 0 Å². The Morgan fingerprint density at radius 3 is 3.18 bits per heavy atom. The lowest BCUT2D eigenvalue weighted by Gasteiger charge is -1.91. The monoisotopic (exact) mass is 145 g/mol. The van der Waals surface area contributed by atoms with Crippen LogP contribution in [0.5, 0.6) is 0 Å². The third-order valence-corrected chi connectivity index (χ3v) is 1.58. The smallest absolute Gasteiger partial charge is 0.177 e. The van der Waals surface area contributed by atoms with Crippen molar-refractivity contribution < 1.29 is 0 Å². The minimum Gasteiger partial charge on any atom is -0.343 e. The highest BCUT2D eigenvalue weighted by Crippen LogP contribution is 2.11. The summed E-state index contributed by atoms with van der Waals surface area (Å²) in [6.07, 6.45) is 5.13. The van der Waals surface area contributed by atoms with Crippen LogP contribution in [0.2, 0.25) is 0 Å². The van der Waals surface area contributed by atoms with Crippen molar-refractivity contribution in [3.8, 4) is 0 Å². The van der Waals surface area contributed by atoms with Gasteiger partial charge >= 0.3 is 0 Å². The first-order chi connectivity index (χ1) is 5.42. The molecule has 0 saturated carbocycles. The van der Waals surface area contributed by atoms with Crippen molar-refractivity contribution in [3.05, 3.63) is 30.7 Å². The predicted molar refractivity (Wildman–Crippen MR) is 44.0 cm³/mol. The molecule has 2 rings (SSSR count). The van der Waals surface area contributed by atoms with Crippen LogP contribution in [0.4, 0.5) is 0 Å². The van der Waals surface area contributed by atoms with E-state index in [1.807, 2.05) is 6.07 Å². The van der Waals surface area contributed by atoms with E-state index in [-0.39, 0.29) is 0 Å². The third kappa shape index (κ3) is 0.816. The van der Waals surface area contributed by atoms with Gasteiger partial charge in [0, 0.05) is 11.8 Å². The summed E-state index contributed by atoms with van der Waals surface area (Å²) in [6, 6.07) is 1.90. The molecule has 0 aliphatic rings. The fraction of sp³-hybridized carbons (Fsp3) is 0. The highest BCUT2D eigenvalue weighted by atomic mass is 14.9. The second kappa shape index (κ2) is 2.20. The Bertz CT molecular complexity index is 389. The summed E-state index contributed by atoms with van der Waals surface area (Å²) in [6.45, 7) is 3.69. The van der Waals surface area contributed by atoms with Gasteiger partial charge in [0.1, 0.15) is 0 Å². The Morgan fingerprint density at radius 2 is 2.36 bits per heavy atom. The first-order valence-electron chi connectivity index (χ1n) is 3.32. The second-order valence-corrected chi connectivity index (χ2v) is 2.21. The van der Waals surface area contributed by atoms with E-state index in [9.17, 15) is 0 Å². The molecule has 0 atom stereocenters. The summed E-state index contributed by atoms with van der Waals surface area (Å²) in [4.78, 5) is 11.1. The first-order valence-corrected chi connectivity index (χ1v) is 3.32. The van der Waals surface area contributed by atoms with E-state index in [0.29, 0.717) is 0 Å². The van der Waals surface area contributed by atoms with Crippen molar-refractivity contribution in [1.82, 2.24) is 15.0 Å². The number of hydrogen-bond donors (Lipinski definition) is 1. The Labute approximate surface area is 63.8 Å². The van der Waals surface area contributed by atoms with Gasteiger partial charge in [0.05, 0.1) is 11.8 Å². The molecule has 0 fully saturated rings. The van der Waals surface area contributed by atoms with E-state index in [2.05, 4.69) is 21.5 Å². The van der Waals surface area contributed by atoms with E-state index < -0.39 is 0 Å². The molecule has 0 bridgehead atoms. The number of rotatable bonds is 1. The van der Waals surface area contributed by atoms with Crippen LogP contribution in [-0.4, -0.2) is 15.0 Å². The number of H-pyrrole nitrogens is 1.